The summed E-state index contributed by atoms with van der Waals surface area (Å²) in [4.78, 5) is 4.29. The number of nitrogens with two attached hydrogens (primary N) is 1. The highest BCUT2D eigenvalue weighted by atomic mass is 32.2. The van der Waals surface area contributed by atoms with E-state index < -0.39 is 0 Å². The molecule has 1 heterocycles. The van der Waals surface area contributed by atoms with Crippen LogP contribution >= 0.6 is 11.8 Å². The van der Waals surface area contributed by atoms with Gasteiger partial charge in [-0.25, -0.2) is 0 Å². The third-order valence-electron chi connectivity index (χ3n) is 2.07. The van der Waals surface area contributed by atoms with E-state index in [4.69, 9.17) is 10.3 Å². The molecule has 0 aliphatic heterocycles. The van der Waals surface area contributed by atoms with Crippen molar-refractivity contribution in [2.75, 3.05) is 5.75 Å². The van der Waals surface area contributed by atoms with Gasteiger partial charge in [0.05, 0.1) is 5.75 Å². The normalized spacial score (nSPS) is 13.4. The van der Waals surface area contributed by atoms with Crippen LogP contribution in [0.4, 0.5) is 0 Å². The average Bonchev–Trinajstić information content (AvgIpc) is 2.66. The largest absolute Gasteiger partial charge is 0.339 e. The van der Waals surface area contributed by atoms with Crippen molar-refractivity contribution in [2.24, 2.45) is 5.73 Å². The second-order valence-corrected chi connectivity index (χ2v) is 4.92. The standard InChI is InChI=1S/C10H19N3OS/c1-4-8(11)5-15-6-9-12-10(7(2)3)14-13-9/h7-8H,4-6,11H2,1-3H3. The van der Waals surface area contributed by atoms with Crippen molar-refractivity contribution in [3.05, 3.63) is 11.7 Å². The molecule has 5 heteroatoms. The van der Waals surface area contributed by atoms with Gasteiger partial charge < -0.3 is 10.3 Å². The molecular weight excluding hydrogens is 210 g/mol. The van der Waals surface area contributed by atoms with E-state index in [0.717, 1.165) is 23.8 Å². The van der Waals surface area contributed by atoms with Crippen LogP contribution in [0.15, 0.2) is 4.52 Å². The van der Waals surface area contributed by atoms with Crippen LogP contribution in [-0.2, 0) is 5.75 Å². The van der Waals surface area contributed by atoms with Crippen molar-refractivity contribution >= 4 is 11.8 Å². The Labute approximate surface area is 95.0 Å². The van der Waals surface area contributed by atoms with E-state index in [1.165, 1.54) is 0 Å². The molecule has 15 heavy (non-hydrogen) atoms. The Morgan fingerprint density at radius 3 is 2.73 bits per heavy atom. The van der Waals surface area contributed by atoms with Gasteiger partial charge in [-0.3, -0.25) is 0 Å². The first-order valence-electron chi connectivity index (χ1n) is 5.29. The van der Waals surface area contributed by atoms with Gasteiger partial charge in [0, 0.05) is 17.7 Å². The lowest BCUT2D eigenvalue weighted by Crippen LogP contribution is -2.21. The van der Waals surface area contributed by atoms with Crippen molar-refractivity contribution in [1.29, 1.82) is 0 Å². The van der Waals surface area contributed by atoms with Crippen LogP contribution in [0.3, 0.4) is 0 Å². The molecule has 86 valence electrons. The molecule has 0 spiro atoms. The zero-order valence-corrected chi connectivity index (χ0v) is 10.4. The summed E-state index contributed by atoms with van der Waals surface area (Å²) in [6.45, 7) is 6.17. The summed E-state index contributed by atoms with van der Waals surface area (Å²) in [5.74, 6) is 3.51. The summed E-state index contributed by atoms with van der Waals surface area (Å²) < 4.78 is 5.10. The Balaban J connectivity index is 2.31. The molecule has 1 aromatic rings. The molecule has 1 atom stereocenters. The maximum absolute atomic E-state index is 5.81. The summed E-state index contributed by atoms with van der Waals surface area (Å²) >= 11 is 1.75. The van der Waals surface area contributed by atoms with E-state index in [9.17, 15) is 0 Å². The van der Waals surface area contributed by atoms with Gasteiger partial charge in [-0.2, -0.15) is 16.7 Å². The van der Waals surface area contributed by atoms with Crippen molar-refractivity contribution in [3.8, 4) is 0 Å². The topological polar surface area (TPSA) is 64.9 Å². The lowest BCUT2D eigenvalue weighted by atomic mass is 10.2. The summed E-state index contributed by atoms with van der Waals surface area (Å²) in [7, 11) is 0. The Hall–Kier alpha value is -0.550. The smallest absolute Gasteiger partial charge is 0.229 e. The van der Waals surface area contributed by atoms with E-state index in [2.05, 4.69) is 17.1 Å². The molecule has 1 unspecified atom stereocenters. The Bertz CT molecular complexity index is 288. The van der Waals surface area contributed by atoms with E-state index in [0.29, 0.717) is 11.8 Å². The van der Waals surface area contributed by atoms with Crippen LogP contribution < -0.4 is 5.73 Å². The first-order chi connectivity index (χ1) is 7.13. The highest BCUT2D eigenvalue weighted by Crippen LogP contribution is 2.15. The van der Waals surface area contributed by atoms with Crippen LogP contribution in [0, 0.1) is 0 Å². The quantitative estimate of drug-likeness (QED) is 0.809. The van der Waals surface area contributed by atoms with Gasteiger partial charge in [0.15, 0.2) is 5.82 Å². The summed E-state index contributed by atoms with van der Waals surface area (Å²) in [5, 5.41) is 3.91. The first kappa shape index (κ1) is 12.5. The predicted molar refractivity (Wildman–Crippen MR) is 62.8 cm³/mol. The van der Waals surface area contributed by atoms with Gasteiger partial charge in [-0.15, -0.1) is 0 Å². The highest BCUT2D eigenvalue weighted by Gasteiger charge is 2.09. The average molecular weight is 229 g/mol. The van der Waals surface area contributed by atoms with Gasteiger partial charge >= 0.3 is 0 Å². The van der Waals surface area contributed by atoms with Gasteiger partial charge in [0.25, 0.3) is 0 Å². The zero-order valence-electron chi connectivity index (χ0n) is 9.56. The molecule has 0 aliphatic rings. The van der Waals surface area contributed by atoms with Crippen molar-refractivity contribution in [2.45, 2.75) is 44.9 Å². The molecule has 1 aromatic heterocycles. The Morgan fingerprint density at radius 2 is 2.20 bits per heavy atom. The van der Waals surface area contributed by atoms with Gasteiger partial charge in [-0.05, 0) is 6.42 Å². The third kappa shape index (κ3) is 4.22. The molecule has 0 amide bonds. The molecule has 0 saturated carbocycles. The lowest BCUT2D eigenvalue weighted by molar-refractivity contribution is 0.362. The van der Waals surface area contributed by atoms with Gasteiger partial charge in [0.1, 0.15) is 0 Å². The molecule has 2 N–H and O–H groups in total. The van der Waals surface area contributed by atoms with E-state index >= 15 is 0 Å². The predicted octanol–water partition coefficient (Wildman–Crippen LogP) is 2.16. The minimum absolute atomic E-state index is 0.270. The maximum Gasteiger partial charge on any atom is 0.229 e. The van der Waals surface area contributed by atoms with Crippen LogP contribution in [0.25, 0.3) is 0 Å². The number of hydrogen-bond donors (Lipinski definition) is 1. The maximum atomic E-state index is 5.81. The number of aromatic nitrogens is 2. The fourth-order valence-corrected chi connectivity index (χ4v) is 1.94. The van der Waals surface area contributed by atoms with E-state index in [1.54, 1.807) is 11.8 Å². The molecule has 0 radical (unpaired) electrons. The lowest BCUT2D eigenvalue weighted by Gasteiger charge is -2.05. The number of nitrogens with zero attached hydrogens (tertiary/aromatic N) is 2. The van der Waals surface area contributed by atoms with Gasteiger partial charge in [-0.1, -0.05) is 25.9 Å². The van der Waals surface area contributed by atoms with Crippen molar-refractivity contribution in [3.63, 3.8) is 0 Å². The monoisotopic (exact) mass is 229 g/mol. The molecule has 1 rings (SSSR count). The van der Waals surface area contributed by atoms with Gasteiger partial charge in [0.2, 0.25) is 5.89 Å². The third-order valence-corrected chi connectivity index (χ3v) is 3.19. The second kappa shape index (κ2) is 6.12. The number of thioether (sulfide) groups is 1. The molecule has 0 bridgehead atoms. The highest BCUT2D eigenvalue weighted by molar-refractivity contribution is 7.98. The Morgan fingerprint density at radius 1 is 1.47 bits per heavy atom. The fourth-order valence-electron chi connectivity index (χ4n) is 0.980. The minimum atomic E-state index is 0.270. The molecule has 0 aromatic carbocycles. The van der Waals surface area contributed by atoms with Crippen LogP contribution in [0.5, 0.6) is 0 Å². The molecular formula is C10H19N3OS. The fraction of sp³-hybridized carbons (Fsp3) is 0.800. The van der Waals surface area contributed by atoms with Crippen LogP contribution in [0.1, 0.15) is 44.8 Å². The first-order valence-corrected chi connectivity index (χ1v) is 6.44. The van der Waals surface area contributed by atoms with Crippen LogP contribution in [-0.4, -0.2) is 21.9 Å². The molecule has 4 nitrogen and oxygen atoms in total. The summed E-state index contributed by atoms with van der Waals surface area (Å²) in [5.41, 5.74) is 5.81. The minimum Gasteiger partial charge on any atom is -0.339 e. The number of rotatable bonds is 6. The molecule has 0 aliphatic carbocycles. The number of hydrogen-bond acceptors (Lipinski definition) is 5. The molecule has 0 fully saturated rings. The molecule has 0 saturated heterocycles. The van der Waals surface area contributed by atoms with Crippen LogP contribution in [0.2, 0.25) is 0 Å². The second-order valence-electron chi connectivity index (χ2n) is 3.89. The van der Waals surface area contributed by atoms with Crippen molar-refractivity contribution in [1.82, 2.24) is 10.1 Å². The van der Waals surface area contributed by atoms with E-state index in [-0.39, 0.29) is 6.04 Å². The van der Waals surface area contributed by atoms with Crippen molar-refractivity contribution < 1.29 is 4.52 Å². The Kier molecular flexibility index (Phi) is 5.11. The summed E-state index contributed by atoms with van der Waals surface area (Å²) in [6.07, 6.45) is 1.01. The zero-order chi connectivity index (χ0) is 11.3. The van der Waals surface area contributed by atoms with E-state index in [1.807, 2.05) is 13.8 Å². The SMILES string of the molecule is CCC(N)CSCc1noc(C(C)C)n1. The summed E-state index contributed by atoms with van der Waals surface area (Å²) in [6, 6.07) is 0.270.